The van der Waals surface area contributed by atoms with Crippen LogP contribution in [0.2, 0.25) is 0 Å². The Morgan fingerprint density at radius 2 is 1.68 bits per heavy atom. The summed E-state index contributed by atoms with van der Waals surface area (Å²) in [6.45, 7) is 1.72. The van der Waals surface area contributed by atoms with E-state index in [1.165, 1.54) is 12.1 Å². The van der Waals surface area contributed by atoms with Gasteiger partial charge in [0, 0.05) is 5.56 Å². The quantitative estimate of drug-likeness (QED) is 0.814. The van der Waals surface area contributed by atoms with Crippen molar-refractivity contribution >= 4 is 23.2 Å². The predicted molar refractivity (Wildman–Crippen MR) is 80.2 cm³/mol. The third kappa shape index (κ3) is 4.31. The number of nitrogens with one attached hydrogen (secondary N) is 2. The Hall–Kier alpha value is -2.97. The van der Waals surface area contributed by atoms with E-state index in [1.54, 1.807) is 19.1 Å². The van der Waals surface area contributed by atoms with E-state index in [-0.39, 0.29) is 5.56 Å². The van der Waals surface area contributed by atoms with Crippen molar-refractivity contribution < 1.29 is 31.5 Å². The summed E-state index contributed by atoms with van der Waals surface area (Å²) in [7, 11) is 0. The number of rotatable bonds is 3. The van der Waals surface area contributed by atoms with E-state index in [2.05, 4.69) is 5.32 Å². The molecular formula is C16H11F5N2O2. The minimum atomic E-state index is -5.32. The summed E-state index contributed by atoms with van der Waals surface area (Å²) in [5.41, 5.74) is -0.954. The zero-order valence-electron chi connectivity index (χ0n) is 12.7. The summed E-state index contributed by atoms with van der Waals surface area (Å²) in [6.07, 6.45) is -5.32. The van der Waals surface area contributed by atoms with Gasteiger partial charge in [0.1, 0.15) is 11.5 Å². The summed E-state index contributed by atoms with van der Waals surface area (Å²) in [5, 5.41) is 3.24. The van der Waals surface area contributed by atoms with Crippen molar-refractivity contribution in [3.05, 3.63) is 59.2 Å². The van der Waals surface area contributed by atoms with Crippen molar-refractivity contribution in [3.63, 3.8) is 0 Å². The van der Waals surface area contributed by atoms with Gasteiger partial charge in [-0.2, -0.15) is 13.2 Å². The molecule has 0 bridgehead atoms. The summed E-state index contributed by atoms with van der Waals surface area (Å²) >= 11 is 0. The van der Waals surface area contributed by atoms with Crippen LogP contribution in [-0.4, -0.2) is 18.0 Å². The van der Waals surface area contributed by atoms with Gasteiger partial charge in [0.15, 0.2) is 5.82 Å². The molecule has 0 unspecified atom stereocenters. The highest BCUT2D eigenvalue weighted by molar-refractivity contribution is 6.05. The molecule has 4 nitrogen and oxygen atoms in total. The van der Waals surface area contributed by atoms with Gasteiger partial charge in [-0.1, -0.05) is 17.7 Å². The van der Waals surface area contributed by atoms with Crippen LogP contribution < -0.4 is 10.6 Å². The van der Waals surface area contributed by atoms with Gasteiger partial charge in [-0.25, -0.2) is 8.78 Å². The van der Waals surface area contributed by atoms with Gasteiger partial charge in [-0.15, -0.1) is 0 Å². The first-order chi connectivity index (χ1) is 11.6. The molecule has 9 heteroatoms. The van der Waals surface area contributed by atoms with Crippen molar-refractivity contribution in [3.8, 4) is 0 Å². The smallest absolute Gasteiger partial charge is 0.319 e. The number of alkyl halides is 3. The predicted octanol–water partition coefficient (Wildman–Crippen LogP) is 4.03. The van der Waals surface area contributed by atoms with Crippen LogP contribution in [0.1, 0.15) is 15.9 Å². The molecule has 0 spiro atoms. The van der Waals surface area contributed by atoms with Crippen LogP contribution in [0.5, 0.6) is 0 Å². The van der Waals surface area contributed by atoms with Gasteiger partial charge in [0.2, 0.25) is 0 Å². The number of halogens is 5. The molecule has 0 radical (unpaired) electrons. The minimum Gasteiger partial charge on any atom is -0.319 e. The molecule has 0 saturated carbocycles. The lowest BCUT2D eigenvalue weighted by atomic mass is 10.1. The zero-order valence-corrected chi connectivity index (χ0v) is 12.7. The number of benzene rings is 2. The number of hydrogen-bond acceptors (Lipinski definition) is 2. The standard InChI is InChI=1S/C16H11F5N2O2/c1-8-3-2-4-9(7-8)14(24)22-11-6-5-10(17)13(12(11)18)23-15(25)16(19,20)21/h2-7H,1H3,(H,22,24)(H,23,25). The molecule has 0 fully saturated rings. The first-order valence-corrected chi connectivity index (χ1v) is 6.84. The summed E-state index contributed by atoms with van der Waals surface area (Å²) in [5.74, 6) is -6.22. The summed E-state index contributed by atoms with van der Waals surface area (Å²) < 4.78 is 64.5. The average molecular weight is 358 g/mol. The molecule has 2 aromatic rings. The molecular weight excluding hydrogens is 347 g/mol. The second-order valence-corrected chi connectivity index (χ2v) is 5.06. The normalized spacial score (nSPS) is 11.1. The lowest BCUT2D eigenvalue weighted by Crippen LogP contribution is -2.31. The lowest BCUT2D eigenvalue weighted by molar-refractivity contribution is -0.167. The molecule has 0 heterocycles. The topological polar surface area (TPSA) is 58.2 Å². The molecule has 2 rings (SSSR count). The van der Waals surface area contributed by atoms with Crippen molar-refractivity contribution in [1.82, 2.24) is 0 Å². The van der Waals surface area contributed by atoms with E-state index in [1.807, 2.05) is 0 Å². The van der Waals surface area contributed by atoms with E-state index >= 15 is 0 Å². The molecule has 132 valence electrons. The number of aryl methyl sites for hydroxylation is 1. The maximum atomic E-state index is 14.2. The Morgan fingerprint density at radius 1 is 1.00 bits per heavy atom. The highest BCUT2D eigenvalue weighted by Crippen LogP contribution is 2.28. The van der Waals surface area contributed by atoms with Crippen LogP contribution >= 0.6 is 0 Å². The molecule has 25 heavy (non-hydrogen) atoms. The Labute approximate surface area is 138 Å². The van der Waals surface area contributed by atoms with E-state index < -0.39 is 41.0 Å². The fourth-order valence-electron chi connectivity index (χ4n) is 1.93. The SMILES string of the molecule is Cc1cccc(C(=O)Nc2ccc(F)c(NC(=O)C(F)(F)F)c2F)c1. The van der Waals surface area contributed by atoms with Gasteiger partial charge in [0.25, 0.3) is 5.91 Å². The van der Waals surface area contributed by atoms with Gasteiger partial charge >= 0.3 is 12.1 Å². The Morgan fingerprint density at radius 3 is 2.28 bits per heavy atom. The van der Waals surface area contributed by atoms with Crippen molar-refractivity contribution in [2.75, 3.05) is 10.6 Å². The van der Waals surface area contributed by atoms with Crippen LogP contribution in [0.4, 0.5) is 33.3 Å². The number of hydrogen-bond donors (Lipinski definition) is 2. The zero-order chi connectivity index (χ0) is 18.8. The molecule has 0 aliphatic rings. The average Bonchev–Trinajstić information content (AvgIpc) is 2.53. The third-order valence-electron chi connectivity index (χ3n) is 3.12. The highest BCUT2D eigenvalue weighted by atomic mass is 19.4. The molecule has 0 aliphatic heterocycles. The number of amides is 2. The Kier molecular flexibility index (Phi) is 5.05. The molecule has 2 amide bonds. The summed E-state index contributed by atoms with van der Waals surface area (Å²) in [4.78, 5) is 22.9. The molecule has 2 aromatic carbocycles. The van der Waals surface area contributed by atoms with Crippen molar-refractivity contribution in [1.29, 1.82) is 0 Å². The van der Waals surface area contributed by atoms with Crippen LogP contribution in [0.3, 0.4) is 0 Å². The Bertz CT molecular complexity index is 834. The molecule has 0 aromatic heterocycles. The first kappa shape index (κ1) is 18.4. The van der Waals surface area contributed by atoms with Gasteiger partial charge in [0.05, 0.1) is 5.69 Å². The maximum Gasteiger partial charge on any atom is 0.471 e. The molecule has 0 saturated heterocycles. The van der Waals surface area contributed by atoms with Crippen LogP contribution in [-0.2, 0) is 4.79 Å². The number of carbonyl (C=O) groups is 2. The van der Waals surface area contributed by atoms with Crippen LogP contribution in [0.25, 0.3) is 0 Å². The number of anilines is 2. The van der Waals surface area contributed by atoms with Crippen molar-refractivity contribution in [2.45, 2.75) is 13.1 Å². The van der Waals surface area contributed by atoms with E-state index in [0.29, 0.717) is 6.07 Å². The van der Waals surface area contributed by atoms with Crippen LogP contribution in [0.15, 0.2) is 36.4 Å². The highest BCUT2D eigenvalue weighted by Gasteiger charge is 2.39. The fourth-order valence-corrected chi connectivity index (χ4v) is 1.93. The third-order valence-corrected chi connectivity index (χ3v) is 3.12. The summed E-state index contributed by atoms with van der Waals surface area (Å²) in [6, 6.07) is 7.71. The van der Waals surface area contributed by atoms with Crippen molar-refractivity contribution in [2.24, 2.45) is 0 Å². The molecule has 2 N–H and O–H groups in total. The second kappa shape index (κ2) is 6.88. The first-order valence-electron chi connectivity index (χ1n) is 6.84. The number of carbonyl (C=O) groups excluding carboxylic acids is 2. The van der Waals surface area contributed by atoms with Gasteiger partial charge in [-0.05, 0) is 31.2 Å². The Balaban J connectivity index is 2.29. The largest absolute Gasteiger partial charge is 0.471 e. The second-order valence-electron chi connectivity index (χ2n) is 5.06. The molecule has 0 atom stereocenters. The van der Waals surface area contributed by atoms with Gasteiger partial charge < -0.3 is 10.6 Å². The van der Waals surface area contributed by atoms with Gasteiger partial charge in [-0.3, -0.25) is 9.59 Å². The van der Waals surface area contributed by atoms with E-state index in [9.17, 15) is 31.5 Å². The fraction of sp³-hybridized carbons (Fsp3) is 0.125. The van der Waals surface area contributed by atoms with E-state index in [0.717, 1.165) is 16.9 Å². The van der Waals surface area contributed by atoms with Crippen LogP contribution in [0, 0.1) is 18.6 Å². The monoisotopic (exact) mass is 358 g/mol. The minimum absolute atomic E-state index is 0.171. The molecule has 0 aliphatic carbocycles. The van der Waals surface area contributed by atoms with E-state index in [4.69, 9.17) is 0 Å². The maximum absolute atomic E-state index is 14.2. The lowest BCUT2D eigenvalue weighted by Gasteiger charge is -2.13.